The summed E-state index contributed by atoms with van der Waals surface area (Å²) in [6.45, 7) is 1.75. The predicted octanol–water partition coefficient (Wildman–Crippen LogP) is 1.71. The molecule has 0 bridgehead atoms. The van der Waals surface area contributed by atoms with Crippen molar-refractivity contribution in [3.8, 4) is 0 Å². The largest absolute Gasteiger partial charge is 0.362 e. The topological polar surface area (TPSA) is 41.6 Å². The summed E-state index contributed by atoms with van der Waals surface area (Å²) in [4.78, 5) is 18.7. The summed E-state index contributed by atoms with van der Waals surface area (Å²) in [5.74, 6) is -0.896. The Morgan fingerprint density at radius 2 is 2.11 bits per heavy atom. The van der Waals surface area contributed by atoms with Crippen LogP contribution in [0.4, 0.5) is 4.39 Å². The molecule has 4 nitrogen and oxygen atoms in total. The number of hydroxylamine groups is 1. The van der Waals surface area contributed by atoms with Crippen LogP contribution in [-0.2, 0) is 4.84 Å². The van der Waals surface area contributed by atoms with Crippen LogP contribution >= 0.6 is 0 Å². The highest BCUT2D eigenvalue weighted by Gasteiger charge is 2.11. The van der Waals surface area contributed by atoms with Gasteiger partial charge in [-0.15, -0.1) is 0 Å². The van der Waals surface area contributed by atoms with Crippen LogP contribution in [0, 0.1) is 5.82 Å². The number of nitrogens with one attached hydrogen (secondary N) is 1. The summed E-state index contributed by atoms with van der Waals surface area (Å²) in [6.07, 6.45) is 2.79. The van der Waals surface area contributed by atoms with Crippen molar-refractivity contribution in [1.29, 1.82) is 0 Å². The van der Waals surface area contributed by atoms with E-state index >= 15 is 0 Å². The van der Waals surface area contributed by atoms with Gasteiger partial charge < -0.3 is 9.74 Å². The lowest BCUT2D eigenvalue weighted by Crippen LogP contribution is -2.29. The summed E-state index contributed by atoms with van der Waals surface area (Å²) in [6, 6.07) is 5.24. The first-order valence-corrected chi connectivity index (χ1v) is 5.75. The van der Waals surface area contributed by atoms with Crippen molar-refractivity contribution in [1.82, 2.24) is 10.4 Å². The second-order valence-electron chi connectivity index (χ2n) is 4.24. The van der Waals surface area contributed by atoms with Gasteiger partial charge in [0.25, 0.3) is 0 Å². The zero-order valence-electron chi connectivity index (χ0n) is 10.1. The van der Waals surface area contributed by atoms with Gasteiger partial charge in [0.1, 0.15) is 5.82 Å². The molecule has 0 saturated heterocycles. The van der Waals surface area contributed by atoms with E-state index in [4.69, 9.17) is 4.84 Å². The van der Waals surface area contributed by atoms with Crippen molar-refractivity contribution >= 4 is 5.97 Å². The summed E-state index contributed by atoms with van der Waals surface area (Å²) in [5.41, 5.74) is 3.86. The number of halogens is 1. The van der Waals surface area contributed by atoms with Crippen LogP contribution < -0.4 is 5.48 Å². The van der Waals surface area contributed by atoms with Crippen LogP contribution in [0.3, 0.4) is 0 Å². The molecule has 1 heterocycles. The molecular formula is C13H15FN2O2. The molecule has 0 spiro atoms. The lowest BCUT2D eigenvalue weighted by atomic mass is 10.2. The maximum absolute atomic E-state index is 12.7. The number of hydrogen-bond donors (Lipinski definition) is 1. The first-order chi connectivity index (χ1) is 8.65. The van der Waals surface area contributed by atoms with Crippen molar-refractivity contribution in [3.63, 3.8) is 0 Å². The smallest absolute Gasteiger partial charge is 0.338 e. The molecule has 2 rings (SSSR count). The van der Waals surface area contributed by atoms with E-state index in [1.807, 2.05) is 13.1 Å². The average Bonchev–Trinajstić information content (AvgIpc) is 2.38. The SMILES string of the molecule is CN1CC=C(NOC(=O)c2ccc(F)cc2)CC1. The fourth-order valence-electron chi connectivity index (χ4n) is 1.62. The molecule has 1 aliphatic heterocycles. The monoisotopic (exact) mass is 250 g/mol. The van der Waals surface area contributed by atoms with Crippen molar-refractivity contribution in [2.45, 2.75) is 6.42 Å². The zero-order chi connectivity index (χ0) is 13.0. The minimum atomic E-state index is -0.519. The van der Waals surface area contributed by atoms with E-state index < -0.39 is 5.97 Å². The third-order valence-electron chi connectivity index (χ3n) is 2.77. The average molecular weight is 250 g/mol. The van der Waals surface area contributed by atoms with E-state index in [0.29, 0.717) is 5.56 Å². The Morgan fingerprint density at radius 1 is 1.39 bits per heavy atom. The molecule has 1 aromatic carbocycles. The molecule has 0 amide bonds. The number of nitrogens with zero attached hydrogens (tertiary/aromatic N) is 1. The lowest BCUT2D eigenvalue weighted by Gasteiger charge is -2.22. The van der Waals surface area contributed by atoms with Crippen molar-refractivity contribution in [3.05, 3.63) is 47.4 Å². The number of rotatable bonds is 3. The van der Waals surface area contributed by atoms with Gasteiger partial charge in [0, 0.05) is 25.2 Å². The van der Waals surface area contributed by atoms with Gasteiger partial charge in [-0.05, 0) is 37.4 Å². The van der Waals surface area contributed by atoms with E-state index in [1.54, 1.807) is 0 Å². The van der Waals surface area contributed by atoms with Crippen LogP contribution in [0.25, 0.3) is 0 Å². The van der Waals surface area contributed by atoms with Gasteiger partial charge in [0.15, 0.2) is 0 Å². The quantitative estimate of drug-likeness (QED) is 0.829. The molecule has 18 heavy (non-hydrogen) atoms. The summed E-state index contributed by atoms with van der Waals surface area (Å²) >= 11 is 0. The molecule has 0 radical (unpaired) electrons. The number of carbonyl (C=O) groups excluding carboxylic acids is 1. The van der Waals surface area contributed by atoms with E-state index in [0.717, 1.165) is 25.2 Å². The standard InChI is InChI=1S/C13H15FN2O2/c1-16-8-6-12(7-9-16)15-18-13(17)10-2-4-11(14)5-3-10/h2-6,15H,7-9H2,1H3. The number of benzene rings is 1. The maximum atomic E-state index is 12.7. The Morgan fingerprint density at radius 3 is 2.72 bits per heavy atom. The minimum absolute atomic E-state index is 0.317. The first-order valence-electron chi connectivity index (χ1n) is 5.75. The molecule has 0 saturated carbocycles. The van der Waals surface area contributed by atoms with Crippen LogP contribution in [0.15, 0.2) is 36.0 Å². The Bertz CT molecular complexity index is 457. The van der Waals surface area contributed by atoms with Gasteiger partial charge in [-0.2, -0.15) is 0 Å². The highest BCUT2D eigenvalue weighted by molar-refractivity contribution is 5.89. The van der Waals surface area contributed by atoms with Crippen LogP contribution in [-0.4, -0.2) is 31.0 Å². The summed E-state index contributed by atoms with van der Waals surface area (Å²) < 4.78 is 12.7. The molecular weight excluding hydrogens is 235 g/mol. The van der Waals surface area contributed by atoms with Gasteiger partial charge in [-0.3, -0.25) is 0 Å². The highest BCUT2D eigenvalue weighted by Crippen LogP contribution is 2.08. The number of hydrogen-bond acceptors (Lipinski definition) is 4. The van der Waals surface area contributed by atoms with Crippen molar-refractivity contribution < 1.29 is 14.0 Å². The molecule has 96 valence electrons. The van der Waals surface area contributed by atoms with Gasteiger partial charge in [0.05, 0.1) is 5.56 Å². The Hall–Kier alpha value is -1.88. The normalized spacial score (nSPS) is 16.0. The van der Waals surface area contributed by atoms with Gasteiger partial charge >= 0.3 is 5.97 Å². The summed E-state index contributed by atoms with van der Waals surface area (Å²) in [5, 5.41) is 0. The third kappa shape index (κ3) is 3.30. The zero-order valence-corrected chi connectivity index (χ0v) is 10.1. The fourth-order valence-corrected chi connectivity index (χ4v) is 1.62. The number of carbonyl (C=O) groups is 1. The molecule has 0 aromatic heterocycles. The maximum Gasteiger partial charge on any atom is 0.362 e. The predicted molar refractivity (Wildman–Crippen MR) is 65.1 cm³/mol. The van der Waals surface area contributed by atoms with E-state index in [2.05, 4.69) is 10.4 Å². The van der Waals surface area contributed by atoms with E-state index in [9.17, 15) is 9.18 Å². The summed E-state index contributed by atoms with van der Waals surface area (Å²) in [7, 11) is 2.03. The van der Waals surface area contributed by atoms with Gasteiger partial charge in [-0.25, -0.2) is 14.7 Å². The Balaban J connectivity index is 1.87. The Labute approximate surface area is 105 Å². The molecule has 0 fully saturated rings. The molecule has 1 N–H and O–H groups in total. The second-order valence-corrected chi connectivity index (χ2v) is 4.24. The third-order valence-corrected chi connectivity index (χ3v) is 2.77. The first kappa shape index (κ1) is 12.6. The van der Waals surface area contributed by atoms with Crippen LogP contribution in [0.5, 0.6) is 0 Å². The molecule has 0 aliphatic carbocycles. The van der Waals surface area contributed by atoms with Crippen LogP contribution in [0.2, 0.25) is 0 Å². The Kier molecular flexibility index (Phi) is 3.94. The molecule has 1 aromatic rings. The van der Waals surface area contributed by atoms with Crippen molar-refractivity contribution in [2.75, 3.05) is 20.1 Å². The molecule has 0 atom stereocenters. The number of likely N-dealkylation sites (N-methyl/N-ethyl adjacent to an activating group) is 1. The van der Waals surface area contributed by atoms with Gasteiger partial charge in [0.2, 0.25) is 0 Å². The van der Waals surface area contributed by atoms with Gasteiger partial charge in [-0.1, -0.05) is 0 Å². The lowest BCUT2D eigenvalue weighted by molar-refractivity contribution is 0.0310. The van der Waals surface area contributed by atoms with Crippen LogP contribution in [0.1, 0.15) is 16.8 Å². The van der Waals surface area contributed by atoms with Crippen molar-refractivity contribution in [2.24, 2.45) is 0 Å². The fraction of sp³-hybridized carbons (Fsp3) is 0.308. The van der Waals surface area contributed by atoms with E-state index in [-0.39, 0.29) is 5.82 Å². The second kappa shape index (κ2) is 5.64. The van der Waals surface area contributed by atoms with E-state index in [1.165, 1.54) is 24.3 Å². The molecule has 1 aliphatic rings. The highest BCUT2D eigenvalue weighted by atomic mass is 19.1. The molecule has 0 unspecified atom stereocenters. The minimum Gasteiger partial charge on any atom is -0.338 e. The molecule has 5 heteroatoms.